The van der Waals surface area contributed by atoms with E-state index in [1.54, 1.807) is 6.08 Å². The Morgan fingerprint density at radius 2 is 2.23 bits per heavy atom. The molecule has 2 aliphatic rings. The average molecular weight is 392 g/mol. The van der Waals surface area contributed by atoms with Gasteiger partial charge in [-0.05, 0) is 31.1 Å². The number of allylic oxidation sites excluding steroid dienone is 9. The molecule has 0 bridgehead atoms. The highest BCUT2D eigenvalue weighted by molar-refractivity contribution is 8.15. The van der Waals surface area contributed by atoms with E-state index in [0.717, 1.165) is 40.8 Å². The van der Waals surface area contributed by atoms with Crippen LogP contribution in [0.4, 0.5) is 4.79 Å². The monoisotopic (exact) mass is 391 g/mol. The standard InChI is InChI=1S/C20H22ClNO3S/c1-3-15(13-18-19(23)22-20(24)26-18)8-7-14(2)25-12-11-16-5-4-6-17(21)10-9-16/h3-5,7-10,18H,2,6,11-13H2,1H3,(H,22,23,24)/b8-7-,15-3+. The molecule has 1 fully saturated rings. The second kappa shape index (κ2) is 10.2. The number of carbonyl (C=O) groups is 2. The van der Waals surface area contributed by atoms with Crippen molar-refractivity contribution in [3.05, 3.63) is 71.0 Å². The molecule has 26 heavy (non-hydrogen) atoms. The summed E-state index contributed by atoms with van der Waals surface area (Å²) in [5, 5.41) is 2.45. The Kier molecular flexibility index (Phi) is 8.01. The van der Waals surface area contributed by atoms with E-state index in [2.05, 4.69) is 18.0 Å². The number of rotatable bonds is 8. The third kappa shape index (κ3) is 6.73. The predicted molar refractivity (Wildman–Crippen MR) is 108 cm³/mol. The summed E-state index contributed by atoms with van der Waals surface area (Å²) in [5.41, 5.74) is 2.10. The van der Waals surface area contributed by atoms with Crippen molar-refractivity contribution in [3.8, 4) is 0 Å². The minimum atomic E-state index is -0.374. The zero-order valence-electron chi connectivity index (χ0n) is 14.7. The zero-order valence-corrected chi connectivity index (χ0v) is 16.2. The van der Waals surface area contributed by atoms with Gasteiger partial charge in [-0.15, -0.1) is 0 Å². The van der Waals surface area contributed by atoms with Crippen LogP contribution >= 0.6 is 23.4 Å². The van der Waals surface area contributed by atoms with E-state index in [1.165, 1.54) is 0 Å². The van der Waals surface area contributed by atoms with Crippen molar-refractivity contribution in [1.82, 2.24) is 5.32 Å². The second-order valence-electron chi connectivity index (χ2n) is 5.81. The lowest BCUT2D eigenvalue weighted by Crippen LogP contribution is -2.24. The summed E-state index contributed by atoms with van der Waals surface area (Å²) >= 11 is 7.02. The molecule has 0 aromatic heterocycles. The molecule has 2 rings (SSSR count). The van der Waals surface area contributed by atoms with Gasteiger partial charge in [-0.1, -0.05) is 65.9 Å². The molecule has 0 radical (unpaired) electrons. The summed E-state index contributed by atoms with van der Waals surface area (Å²) in [6, 6.07) is 0. The second-order valence-corrected chi connectivity index (χ2v) is 7.47. The SMILES string of the molecule is C=C(/C=C\C(=C/C)CC1SC(=O)NC1=O)OCCC1=CC=C(Cl)CC=C1. The number of carbonyl (C=O) groups excluding carboxylic acids is 2. The average Bonchev–Trinajstić information content (AvgIpc) is 2.78. The quantitative estimate of drug-likeness (QED) is 0.458. The first-order valence-electron chi connectivity index (χ1n) is 8.36. The van der Waals surface area contributed by atoms with Gasteiger partial charge in [0.05, 0.1) is 11.9 Å². The van der Waals surface area contributed by atoms with Crippen molar-refractivity contribution in [2.24, 2.45) is 0 Å². The highest BCUT2D eigenvalue weighted by Crippen LogP contribution is 2.25. The summed E-state index contributed by atoms with van der Waals surface area (Å²) in [4.78, 5) is 22.9. The largest absolute Gasteiger partial charge is 0.494 e. The molecular formula is C20H22ClNO3S. The molecule has 0 spiro atoms. The Morgan fingerprint density at radius 3 is 2.92 bits per heavy atom. The Balaban J connectivity index is 1.77. The van der Waals surface area contributed by atoms with Gasteiger partial charge < -0.3 is 4.74 Å². The van der Waals surface area contributed by atoms with E-state index in [1.807, 2.05) is 37.3 Å². The summed E-state index contributed by atoms with van der Waals surface area (Å²) in [6.07, 6.45) is 15.6. The molecule has 4 nitrogen and oxygen atoms in total. The number of nitrogens with one attached hydrogen (secondary N) is 1. The van der Waals surface area contributed by atoms with Gasteiger partial charge in [-0.25, -0.2) is 0 Å². The van der Waals surface area contributed by atoms with Crippen molar-refractivity contribution in [3.63, 3.8) is 0 Å². The molecule has 1 unspecified atom stereocenters. The van der Waals surface area contributed by atoms with Gasteiger partial charge in [0.25, 0.3) is 5.24 Å². The minimum Gasteiger partial charge on any atom is -0.494 e. The van der Waals surface area contributed by atoms with Gasteiger partial charge in [0.15, 0.2) is 0 Å². The number of imide groups is 1. The van der Waals surface area contributed by atoms with Crippen molar-refractivity contribution < 1.29 is 14.3 Å². The van der Waals surface area contributed by atoms with E-state index in [0.29, 0.717) is 18.8 Å². The van der Waals surface area contributed by atoms with Crippen molar-refractivity contribution in [1.29, 1.82) is 0 Å². The molecule has 1 heterocycles. The maximum Gasteiger partial charge on any atom is 0.286 e. The fourth-order valence-corrected chi connectivity index (χ4v) is 3.39. The Morgan fingerprint density at radius 1 is 1.42 bits per heavy atom. The van der Waals surface area contributed by atoms with Crippen LogP contribution in [-0.4, -0.2) is 23.0 Å². The van der Waals surface area contributed by atoms with Crippen LogP contribution in [-0.2, 0) is 9.53 Å². The van der Waals surface area contributed by atoms with Crippen LogP contribution in [0.1, 0.15) is 26.2 Å². The highest BCUT2D eigenvalue weighted by Gasteiger charge is 2.31. The molecule has 1 saturated heterocycles. The Hall–Kier alpha value is -1.98. The first-order valence-corrected chi connectivity index (χ1v) is 9.62. The first-order chi connectivity index (χ1) is 12.5. The van der Waals surface area contributed by atoms with Crippen LogP contribution in [0.3, 0.4) is 0 Å². The molecule has 2 amide bonds. The van der Waals surface area contributed by atoms with Gasteiger partial charge in [0.2, 0.25) is 5.91 Å². The van der Waals surface area contributed by atoms with Gasteiger partial charge in [0.1, 0.15) is 5.76 Å². The van der Waals surface area contributed by atoms with Crippen LogP contribution in [0, 0.1) is 0 Å². The lowest BCUT2D eigenvalue weighted by atomic mass is 10.1. The Bertz CT molecular complexity index is 731. The molecule has 1 aliphatic heterocycles. The first kappa shape index (κ1) is 20.3. The van der Waals surface area contributed by atoms with Gasteiger partial charge in [0, 0.05) is 17.9 Å². The summed E-state index contributed by atoms with van der Waals surface area (Å²) < 4.78 is 5.64. The van der Waals surface area contributed by atoms with E-state index in [4.69, 9.17) is 16.3 Å². The fraction of sp³-hybridized carbons (Fsp3) is 0.300. The number of amides is 2. The Labute approximate surface area is 163 Å². The van der Waals surface area contributed by atoms with Crippen LogP contribution in [0.5, 0.6) is 0 Å². The zero-order chi connectivity index (χ0) is 18.9. The van der Waals surface area contributed by atoms with E-state index in [-0.39, 0.29) is 16.4 Å². The van der Waals surface area contributed by atoms with E-state index < -0.39 is 0 Å². The van der Waals surface area contributed by atoms with E-state index in [9.17, 15) is 9.59 Å². The molecule has 1 aliphatic carbocycles. The van der Waals surface area contributed by atoms with Crippen LogP contribution in [0.2, 0.25) is 0 Å². The lowest BCUT2D eigenvalue weighted by molar-refractivity contribution is -0.118. The number of thioether (sulfide) groups is 1. The fourth-order valence-electron chi connectivity index (χ4n) is 2.38. The smallest absolute Gasteiger partial charge is 0.286 e. The van der Waals surface area contributed by atoms with Crippen molar-refractivity contribution >= 4 is 34.5 Å². The molecule has 1 atom stereocenters. The van der Waals surface area contributed by atoms with Crippen LogP contribution < -0.4 is 5.32 Å². The topological polar surface area (TPSA) is 55.4 Å². The number of halogens is 1. The predicted octanol–water partition coefficient (Wildman–Crippen LogP) is 5.16. The maximum atomic E-state index is 11.6. The van der Waals surface area contributed by atoms with Crippen LogP contribution in [0.15, 0.2) is 71.0 Å². The third-order valence-corrected chi connectivity index (χ3v) is 5.11. The summed E-state index contributed by atoms with van der Waals surface area (Å²) in [7, 11) is 0. The van der Waals surface area contributed by atoms with Crippen molar-refractivity contribution in [2.75, 3.05) is 6.61 Å². The highest BCUT2D eigenvalue weighted by atomic mass is 35.5. The molecule has 0 aromatic rings. The lowest BCUT2D eigenvalue weighted by Gasteiger charge is -2.08. The normalized spacial score (nSPS) is 20.7. The van der Waals surface area contributed by atoms with E-state index >= 15 is 0 Å². The van der Waals surface area contributed by atoms with Crippen LogP contribution in [0.25, 0.3) is 0 Å². The van der Waals surface area contributed by atoms with Gasteiger partial charge >= 0.3 is 0 Å². The van der Waals surface area contributed by atoms with Gasteiger partial charge in [-0.3, -0.25) is 14.9 Å². The number of hydrogen-bond acceptors (Lipinski definition) is 4. The molecular weight excluding hydrogens is 370 g/mol. The van der Waals surface area contributed by atoms with Gasteiger partial charge in [-0.2, -0.15) is 0 Å². The maximum absolute atomic E-state index is 11.6. The summed E-state index contributed by atoms with van der Waals surface area (Å²) in [5.74, 6) is 0.317. The molecule has 0 saturated carbocycles. The molecule has 138 valence electrons. The van der Waals surface area contributed by atoms with Crippen molar-refractivity contribution in [2.45, 2.75) is 31.4 Å². The molecule has 6 heteroatoms. The minimum absolute atomic E-state index is 0.235. The molecule has 0 aromatic carbocycles. The third-order valence-electron chi connectivity index (χ3n) is 3.84. The summed E-state index contributed by atoms with van der Waals surface area (Å²) in [6.45, 7) is 6.30. The molecule has 1 N–H and O–H groups in total. The number of hydrogen-bond donors (Lipinski definition) is 1. The number of ether oxygens (including phenoxy) is 1.